The summed E-state index contributed by atoms with van der Waals surface area (Å²) in [5, 5.41) is 3.00. The summed E-state index contributed by atoms with van der Waals surface area (Å²) in [6.07, 6.45) is 8.65. The maximum Gasteiger partial charge on any atom is 0.317 e. The maximum atomic E-state index is 12.3. The number of hydrogen-bond donors (Lipinski definition) is 1. The lowest BCUT2D eigenvalue weighted by Crippen LogP contribution is -2.53. The summed E-state index contributed by atoms with van der Waals surface area (Å²) < 4.78 is 24.7. The van der Waals surface area contributed by atoms with Gasteiger partial charge in [-0.15, -0.1) is 0 Å². The van der Waals surface area contributed by atoms with E-state index in [1.807, 2.05) is 7.05 Å². The lowest BCUT2D eigenvalue weighted by molar-refractivity contribution is 0.164. The third kappa shape index (κ3) is 4.57. The number of nitrogens with zero attached hydrogens (tertiary/aromatic N) is 2. The predicted octanol–water partition coefficient (Wildman–Crippen LogP) is 1.38. The number of sulfonamides is 1. The van der Waals surface area contributed by atoms with Crippen molar-refractivity contribution < 1.29 is 13.2 Å². The Kier molecular flexibility index (Phi) is 5.48. The van der Waals surface area contributed by atoms with Crippen LogP contribution in [0.5, 0.6) is 0 Å². The number of hydrogen-bond acceptors (Lipinski definition) is 3. The third-order valence-corrected chi connectivity index (χ3v) is 5.89. The van der Waals surface area contributed by atoms with Crippen LogP contribution in [0.15, 0.2) is 0 Å². The minimum absolute atomic E-state index is 0.0674. The van der Waals surface area contributed by atoms with Crippen molar-refractivity contribution in [3.8, 4) is 0 Å². The average Bonchev–Trinajstić information content (AvgIpc) is 2.47. The topological polar surface area (TPSA) is 69.7 Å². The third-order valence-electron chi connectivity index (χ3n) is 4.62. The largest absolute Gasteiger partial charge is 0.334 e. The summed E-state index contributed by atoms with van der Waals surface area (Å²) in [4.78, 5) is 14.1. The van der Waals surface area contributed by atoms with Gasteiger partial charge in [-0.1, -0.05) is 19.3 Å². The average molecular weight is 317 g/mol. The van der Waals surface area contributed by atoms with E-state index in [0.29, 0.717) is 19.1 Å². The molecule has 1 N–H and O–H groups in total. The van der Waals surface area contributed by atoms with E-state index in [9.17, 15) is 13.2 Å². The van der Waals surface area contributed by atoms with Crippen LogP contribution in [0.4, 0.5) is 4.79 Å². The number of amides is 2. The van der Waals surface area contributed by atoms with Crippen molar-refractivity contribution in [1.82, 2.24) is 14.5 Å². The molecule has 1 atom stereocenters. The van der Waals surface area contributed by atoms with E-state index in [1.165, 1.54) is 29.8 Å². The lowest BCUT2D eigenvalue weighted by atomic mass is 9.95. The second-order valence-electron chi connectivity index (χ2n) is 6.31. The van der Waals surface area contributed by atoms with Crippen LogP contribution in [-0.2, 0) is 10.0 Å². The normalized spacial score (nSPS) is 25.5. The molecule has 2 rings (SSSR count). The van der Waals surface area contributed by atoms with E-state index in [-0.39, 0.29) is 12.1 Å². The van der Waals surface area contributed by atoms with Crippen LogP contribution >= 0.6 is 0 Å². The minimum Gasteiger partial charge on any atom is -0.334 e. The lowest BCUT2D eigenvalue weighted by Gasteiger charge is -2.35. The van der Waals surface area contributed by atoms with Crippen molar-refractivity contribution in [3.05, 3.63) is 0 Å². The van der Waals surface area contributed by atoms with Crippen LogP contribution in [0.3, 0.4) is 0 Å². The van der Waals surface area contributed by atoms with Gasteiger partial charge in [-0.2, -0.15) is 0 Å². The van der Waals surface area contributed by atoms with Crippen molar-refractivity contribution in [2.45, 2.75) is 57.0 Å². The first-order valence-electron chi connectivity index (χ1n) is 7.86. The van der Waals surface area contributed by atoms with Gasteiger partial charge in [0.2, 0.25) is 10.0 Å². The van der Waals surface area contributed by atoms with E-state index in [0.717, 1.165) is 25.7 Å². The van der Waals surface area contributed by atoms with Gasteiger partial charge in [-0.3, -0.25) is 0 Å². The molecule has 2 amide bonds. The first-order valence-corrected chi connectivity index (χ1v) is 9.71. The van der Waals surface area contributed by atoms with Crippen molar-refractivity contribution in [2.24, 2.45) is 0 Å². The van der Waals surface area contributed by atoms with Gasteiger partial charge in [0.25, 0.3) is 0 Å². The van der Waals surface area contributed by atoms with Crippen molar-refractivity contribution in [3.63, 3.8) is 0 Å². The van der Waals surface area contributed by atoms with E-state index < -0.39 is 10.0 Å². The van der Waals surface area contributed by atoms with E-state index in [4.69, 9.17) is 0 Å². The van der Waals surface area contributed by atoms with Crippen molar-refractivity contribution >= 4 is 16.1 Å². The smallest absolute Gasteiger partial charge is 0.317 e. The molecule has 7 heteroatoms. The van der Waals surface area contributed by atoms with Crippen molar-refractivity contribution in [1.29, 1.82) is 0 Å². The summed E-state index contributed by atoms with van der Waals surface area (Å²) in [5.41, 5.74) is 0. The summed E-state index contributed by atoms with van der Waals surface area (Å²) >= 11 is 0. The second kappa shape index (κ2) is 6.96. The number of nitrogens with one attached hydrogen (secondary N) is 1. The first-order chi connectivity index (χ1) is 9.88. The van der Waals surface area contributed by atoms with Crippen LogP contribution in [0.1, 0.15) is 44.9 Å². The summed E-state index contributed by atoms with van der Waals surface area (Å²) in [6, 6.07) is 0.183. The fourth-order valence-corrected chi connectivity index (χ4v) is 4.18. The Hall–Kier alpha value is -0.820. The summed E-state index contributed by atoms with van der Waals surface area (Å²) in [5.74, 6) is 0. The van der Waals surface area contributed by atoms with Gasteiger partial charge < -0.3 is 10.2 Å². The Morgan fingerprint density at radius 2 is 1.81 bits per heavy atom. The molecule has 122 valence electrons. The quantitative estimate of drug-likeness (QED) is 0.855. The Balaban J connectivity index is 1.86. The minimum atomic E-state index is -3.17. The molecule has 0 aromatic rings. The molecule has 1 heterocycles. The molecule has 6 nitrogen and oxygen atoms in total. The maximum absolute atomic E-state index is 12.3. The van der Waals surface area contributed by atoms with Gasteiger partial charge in [0, 0.05) is 32.2 Å². The highest BCUT2D eigenvalue weighted by molar-refractivity contribution is 7.88. The van der Waals surface area contributed by atoms with Crippen molar-refractivity contribution in [2.75, 3.05) is 26.4 Å². The van der Waals surface area contributed by atoms with Gasteiger partial charge in [0.15, 0.2) is 0 Å². The number of carbonyl (C=O) groups excluding carboxylic acids is 1. The highest BCUT2D eigenvalue weighted by atomic mass is 32.2. The SMILES string of the molecule is CN(C(=O)NC1CCCN(S(C)(=O)=O)C1)C1CCCCC1. The Morgan fingerprint density at radius 1 is 1.14 bits per heavy atom. The summed E-state index contributed by atoms with van der Waals surface area (Å²) in [6.45, 7) is 0.951. The zero-order valence-corrected chi connectivity index (χ0v) is 13.9. The standard InChI is InChI=1S/C14H27N3O3S/c1-16(13-8-4-3-5-9-13)14(18)15-12-7-6-10-17(11-12)21(2,19)20/h12-13H,3-11H2,1-2H3,(H,15,18). The van der Waals surface area contributed by atoms with Crippen LogP contribution in [-0.4, -0.2) is 62.1 Å². The molecule has 1 aliphatic carbocycles. The Bertz CT molecular complexity index is 460. The number of rotatable bonds is 3. The van der Waals surface area contributed by atoms with E-state index in [2.05, 4.69) is 5.32 Å². The molecule has 0 aromatic heterocycles. The zero-order chi connectivity index (χ0) is 15.5. The molecule has 1 saturated carbocycles. The highest BCUT2D eigenvalue weighted by Crippen LogP contribution is 2.22. The second-order valence-corrected chi connectivity index (χ2v) is 8.29. The molecule has 0 aromatic carbocycles. The van der Waals surface area contributed by atoms with Gasteiger partial charge in [-0.05, 0) is 25.7 Å². The Labute approximate surface area is 127 Å². The molecule has 1 saturated heterocycles. The molecule has 2 aliphatic rings. The van der Waals surface area contributed by atoms with Crippen LogP contribution in [0.25, 0.3) is 0 Å². The van der Waals surface area contributed by atoms with E-state index >= 15 is 0 Å². The molecule has 1 unspecified atom stereocenters. The molecule has 0 spiro atoms. The summed E-state index contributed by atoms with van der Waals surface area (Å²) in [7, 11) is -1.32. The van der Waals surface area contributed by atoms with Gasteiger partial charge in [0.05, 0.1) is 6.26 Å². The fourth-order valence-electron chi connectivity index (χ4n) is 3.27. The molecule has 2 fully saturated rings. The van der Waals surface area contributed by atoms with Crippen LogP contribution < -0.4 is 5.32 Å². The van der Waals surface area contributed by atoms with Crippen LogP contribution in [0, 0.1) is 0 Å². The number of urea groups is 1. The predicted molar refractivity (Wildman–Crippen MR) is 82.6 cm³/mol. The number of carbonyl (C=O) groups is 1. The van der Waals surface area contributed by atoms with Gasteiger partial charge >= 0.3 is 6.03 Å². The molecule has 0 radical (unpaired) electrons. The molecule has 1 aliphatic heterocycles. The molecular weight excluding hydrogens is 290 g/mol. The number of piperidine rings is 1. The molecular formula is C14H27N3O3S. The van der Waals surface area contributed by atoms with Crippen LogP contribution in [0.2, 0.25) is 0 Å². The zero-order valence-electron chi connectivity index (χ0n) is 13.0. The fraction of sp³-hybridized carbons (Fsp3) is 0.929. The highest BCUT2D eigenvalue weighted by Gasteiger charge is 2.29. The molecule has 0 bridgehead atoms. The monoisotopic (exact) mass is 317 g/mol. The van der Waals surface area contributed by atoms with E-state index in [1.54, 1.807) is 4.90 Å². The Morgan fingerprint density at radius 3 is 2.43 bits per heavy atom. The first kappa shape index (κ1) is 16.5. The van der Waals surface area contributed by atoms with Gasteiger partial charge in [0.1, 0.15) is 0 Å². The van der Waals surface area contributed by atoms with Gasteiger partial charge in [-0.25, -0.2) is 17.5 Å². The molecule has 21 heavy (non-hydrogen) atoms.